The molecule has 6 heteroatoms. The van der Waals surface area contributed by atoms with Gasteiger partial charge in [-0.1, -0.05) is 27.7 Å². The second-order valence-electron chi connectivity index (χ2n) is 7.66. The molecule has 0 radical (unpaired) electrons. The minimum Gasteiger partial charge on any atom is -0.497 e. The van der Waals surface area contributed by atoms with E-state index in [-0.39, 0.29) is 18.4 Å². The number of ether oxygens (including phenoxy) is 2. The molecule has 1 saturated heterocycles. The van der Waals surface area contributed by atoms with Crippen LogP contribution in [0.5, 0.6) is 11.5 Å². The molecule has 1 unspecified atom stereocenters. The van der Waals surface area contributed by atoms with Gasteiger partial charge in [0.05, 0.1) is 24.7 Å². The van der Waals surface area contributed by atoms with E-state index in [2.05, 4.69) is 0 Å². The van der Waals surface area contributed by atoms with Gasteiger partial charge < -0.3 is 19.5 Å². The van der Waals surface area contributed by atoms with Gasteiger partial charge in [-0.25, -0.2) is 0 Å². The zero-order chi connectivity index (χ0) is 19.5. The maximum absolute atomic E-state index is 13.1. The van der Waals surface area contributed by atoms with Crippen molar-refractivity contribution in [1.82, 2.24) is 4.90 Å². The van der Waals surface area contributed by atoms with Crippen LogP contribution in [-0.2, 0) is 4.79 Å². The summed E-state index contributed by atoms with van der Waals surface area (Å²) in [5.74, 6) is 0.315. The number of hydrogen-bond acceptors (Lipinski definition) is 4. The van der Waals surface area contributed by atoms with Crippen molar-refractivity contribution < 1.29 is 24.2 Å². The van der Waals surface area contributed by atoms with E-state index in [1.807, 2.05) is 27.7 Å². The maximum Gasteiger partial charge on any atom is 0.311 e. The van der Waals surface area contributed by atoms with E-state index < -0.39 is 11.4 Å². The summed E-state index contributed by atoms with van der Waals surface area (Å²) in [6.45, 7) is 8.99. The Balaban J connectivity index is 2.28. The lowest BCUT2D eigenvalue weighted by molar-refractivity contribution is -0.150. The standard InChI is InChI=1S/C20H29NO5/c1-13(2)11-26-17-10-15(25-5)6-7-16(17)18(22)21-9-8-20(12-21,14(3)4)19(23)24/h6-7,10,13-14H,8-9,11-12H2,1-5H3,(H,23,24). The zero-order valence-electron chi connectivity index (χ0n) is 16.2. The normalized spacial score (nSPS) is 19.9. The Morgan fingerprint density at radius 1 is 1.27 bits per heavy atom. The van der Waals surface area contributed by atoms with Gasteiger partial charge in [-0.2, -0.15) is 0 Å². The molecular formula is C20H29NO5. The second kappa shape index (κ2) is 7.98. The maximum atomic E-state index is 13.1. The highest BCUT2D eigenvalue weighted by molar-refractivity contribution is 5.98. The van der Waals surface area contributed by atoms with Crippen LogP contribution in [0.15, 0.2) is 18.2 Å². The van der Waals surface area contributed by atoms with E-state index in [4.69, 9.17) is 9.47 Å². The average molecular weight is 363 g/mol. The number of nitrogens with zero attached hydrogens (tertiary/aromatic N) is 1. The summed E-state index contributed by atoms with van der Waals surface area (Å²) in [6.07, 6.45) is 0.462. The van der Waals surface area contributed by atoms with Crippen molar-refractivity contribution >= 4 is 11.9 Å². The molecule has 1 fully saturated rings. The number of amides is 1. The first-order chi connectivity index (χ1) is 12.2. The van der Waals surface area contributed by atoms with Crippen molar-refractivity contribution in [2.45, 2.75) is 34.1 Å². The van der Waals surface area contributed by atoms with Crippen molar-refractivity contribution in [2.24, 2.45) is 17.3 Å². The molecule has 1 aromatic rings. The molecule has 0 saturated carbocycles. The Hall–Kier alpha value is -2.24. The van der Waals surface area contributed by atoms with Crippen molar-refractivity contribution in [3.63, 3.8) is 0 Å². The van der Waals surface area contributed by atoms with E-state index in [1.165, 1.54) is 0 Å². The van der Waals surface area contributed by atoms with Crippen molar-refractivity contribution in [3.8, 4) is 11.5 Å². The highest BCUT2D eigenvalue weighted by Crippen LogP contribution is 2.39. The Kier molecular flexibility index (Phi) is 6.16. The third kappa shape index (κ3) is 3.94. The number of methoxy groups -OCH3 is 1. The molecule has 1 atom stereocenters. The predicted octanol–water partition coefficient (Wildman–Crippen LogP) is 3.30. The average Bonchev–Trinajstić information content (AvgIpc) is 3.06. The Morgan fingerprint density at radius 3 is 2.46 bits per heavy atom. The zero-order valence-corrected chi connectivity index (χ0v) is 16.2. The fourth-order valence-corrected chi connectivity index (χ4v) is 3.25. The van der Waals surface area contributed by atoms with Crippen LogP contribution >= 0.6 is 0 Å². The summed E-state index contributed by atoms with van der Waals surface area (Å²) >= 11 is 0. The Labute approximate surface area is 155 Å². The molecule has 26 heavy (non-hydrogen) atoms. The Morgan fingerprint density at radius 2 is 1.96 bits per heavy atom. The quantitative estimate of drug-likeness (QED) is 0.804. The minimum absolute atomic E-state index is 0.0506. The number of benzene rings is 1. The number of carbonyl (C=O) groups excluding carboxylic acids is 1. The number of carbonyl (C=O) groups is 2. The fraction of sp³-hybridized carbons (Fsp3) is 0.600. The molecule has 1 aliphatic heterocycles. The lowest BCUT2D eigenvalue weighted by atomic mass is 9.76. The smallest absolute Gasteiger partial charge is 0.311 e. The molecule has 0 aromatic heterocycles. The topological polar surface area (TPSA) is 76.1 Å². The van der Waals surface area contributed by atoms with E-state index in [0.717, 1.165) is 0 Å². The van der Waals surface area contributed by atoms with Gasteiger partial charge in [0.2, 0.25) is 0 Å². The van der Waals surface area contributed by atoms with Gasteiger partial charge in [-0.3, -0.25) is 9.59 Å². The molecule has 6 nitrogen and oxygen atoms in total. The van der Waals surface area contributed by atoms with Crippen LogP contribution in [0.2, 0.25) is 0 Å². The van der Waals surface area contributed by atoms with Gasteiger partial charge in [0.25, 0.3) is 5.91 Å². The summed E-state index contributed by atoms with van der Waals surface area (Å²) in [6, 6.07) is 5.12. The third-order valence-corrected chi connectivity index (χ3v) is 5.11. The van der Waals surface area contributed by atoms with E-state index >= 15 is 0 Å². The fourth-order valence-electron chi connectivity index (χ4n) is 3.25. The molecule has 1 heterocycles. The number of likely N-dealkylation sites (tertiary alicyclic amines) is 1. The minimum atomic E-state index is -0.888. The van der Waals surface area contributed by atoms with Crippen LogP contribution in [0.3, 0.4) is 0 Å². The van der Waals surface area contributed by atoms with E-state index in [0.29, 0.717) is 42.6 Å². The summed E-state index contributed by atoms with van der Waals surface area (Å²) in [4.78, 5) is 26.5. The monoisotopic (exact) mass is 363 g/mol. The van der Waals surface area contributed by atoms with Crippen LogP contribution in [0, 0.1) is 17.3 Å². The first-order valence-electron chi connectivity index (χ1n) is 9.04. The second-order valence-corrected chi connectivity index (χ2v) is 7.66. The molecule has 144 valence electrons. The molecule has 1 aromatic carbocycles. The van der Waals surface area contributed by atoms with Gasteiger partial charge in [0, 0.05) is 19.2 Å². The van der Waals surface area contributed by atoms with Crippen LogP contribution < -0.4 is 9.47 Å². The van der Waals surface area contributed by atoms with Crippen molar-refractivity contribution in [2.75, 3.05) is 26.8 Å². The van der Waals surface area contributed by atoms with E-state index in [9.17, 15) is 14.7 Å². The summed E-state index contributed by atoms with van der Waals surface area (Å²) in [7, 11) is 1.56. The number of carboxylic acids is 1. The molecule has 0 spiro atoms. The van der Waals surface area contributed by atoms with Crippen molar-refractivity contribution in [1.29, 1.82) is 0 Å². The molecule has 1 N–H and O–H groups in total. The lowest BCUT2D eigenvalue weighted by Crippen LogP contribution is -2.40. The van der Waals surface area contributed by atoms with Gasteiger partial charge in [-0.15, -0.1) is 0 Å². The van der Waals surface area contributed by atoms with Crippen LogP contribution in [0.1, 0.15) is 44.5 Å². The largest absolute Gasteiger partial charge is 0.497 e. The predicted molar refractivity (Wildman–Crippen MR) is 98.8 cm³/mol. The number of aliphatic carboxylic acids is 1. The molecule has 1 aliphatic rings. The van der Waals surface area contributed by atoms with Gasteiger partial charge in [0.1, 0.15) is 11.5 Å². The van der Waals surface area contributed by atoms with Crippen molar-refractivity contribution in [3.05, 3.63) is 23.8 Å². The molecule has 2 rings (SSSR count). The first kappa shape index (κ1) is 20.1. The summed E-state index contributed by atoms with van der Waals surface area (Å²) < 4.78 is 11.1. The van der Waals surface area contributed by atoms with Gasteiger partial charge >= 0.3 is 5.97 Å². The van der Waals surface area contributed by atoms with Crippen LogP contribution in [-0.4, -0.2) is 48.7 Å². The Bertz CT molecular complexity index is 670. The number of hydrogen-bond donors (Lipinski definition) is 1. The first-order valence-corrected chi connectivity index (χ1v) is 9.04. The summed E-state index contributed by atoms with van der Waals surface area (Å²) in [5.41, 5.74) is -0.447. The number of rotatable bonds is 7. The highest BCUT2D eigenvalue weighted by Gasteiger charge is 2.48. The van der Waals surface area contributed by atoms with Gasteiger partial charge in [-0.05, 0) is 30.4 Å². The lowest BCUT2D eigenvalue weighted by Gasteiger charge is -2.28. The summed E-state index contributed by atoms with van der Waals surface area (Å²) in [5, 5.41) is 9.69. The molecular weight excluding hydrogens is 334 g/mol. The number of carboxylic acid groups (broad SMARTS) is 1. The SMILES string of the molecule is COc1ccc(C(=O)N2CCC(C(=O)O)(C(C)C)C2)c(OCC(C)C)c1. The molecule has 1 amide bonds. The third-order valence-electron chi connectivity index (χ3n) is 5.11. The van der Waals surface area contributed by atoms with Crippen LogP contribution in [0.4, 0.5) is 0 Å². The highest BCUT2D eigenvalue weighted by atomic mass is 16.5. The van der Waals surface area contributed by atoms with Gasteiger partial charge in [0.15, 0.2) is 0 Å². The van der Waals surface area contributed by atoms with E-state index in [1.54, 1.807) is 30.2 Å². The molecule has 0 bridgehead atoms. The molecule has 0 aliphatic carbocycles. The van der Waals surface area contributed by atoms with Crippen LogP contribution in [0.25, 0.3) is 0 Å².